The third-order valence-corrected chi connectivity index (χ3v) is 2.16. The van der Waals surface area contributed by atoms with Gasteiger partial charge in [0, 0.05) is 18.0 Å². The van der Waals surface area contributed by atoms with Gasteiger partial charge in [0.2, 0.25) is 5.91 Å². The third kappa shape index (κ3) is 4.00. The van der Waals surface area contributed by atoms with E-state index in [0.717, 1.165) is 0 Å². The lowest BCUT2D eigenvalue weighted by molar-refractivity contribution is -0.116. The normalized spacial score (nSPS) is 12.5. The van der Waals surface area contributed by atoms with Gasteiger partial charge >= 0.3 is 0 Å². The van der Waals surface area contributed by atoms with Crippen LogP contribution < -0.4 is 5.32 Å². The fraction of sp³-hybridized carbons (Fsp3) is 0.500. The Morgan fingerprint density at radius 3 is 3.15 bits per heavy atom. The van der Waals surface area contributed by atoms with Gasteiger partial charge in [0.05, 0.1) is 6.10 Å². The van der Waals surface area contributed by atoms with Crippen molar-refractivity contribution < 1.29 is 9.90 Å². The molecule has 1 rings (SSSR count). The van der Waals surface area contributed by atoms with Crippen molar-refractivity contribution in [1.82, 2.24) is 4.98 Å². The Balaban J connectivity index is 2.26. The minimum Gasteiger partial charge on any atom is -0.393 e. The predicted octanol–water partition coefficient (Wildman–Crippen LogP) is 1.24. The molecule has 72 valence electrons. The molecule has 0 aromatic carbocycles. The highest BCUT2D eigenvalue weighted by Crippen LogP contribution is 2.10. The Morgan fingerprint density at radius 1 is 1.85 bits per heavy atom. The van der Waals surface area contributed by atoms with E-state index in [-0.39, 0.29) is 5.91 Å². The summed E-state index contributed by atoms with van der Waals surface area (Å²) in [6, 6.07) is 0. The van der Waals surface area contributed by atoms with E-state index in [9.17, 15) is 4.79 Å². The van der Waals surface area contributed by atoms with E-state index in [0.29, 0.717) is 18.0 Å². The highest BCUT2D eigenvalue weighted by molar-refractivity contribution is 7.13. The average molecular weight is 200 g/mol. The first-order valence-corrected chi connectivity index (χ1v) is 4.94. The molecule has 1 aromatic heterocycles. The summed E-state index contributed by atoms with van der Waals surface area (Å²) in [5, 5.41) is 14.0. The van der Waals surface area contributed by atoms with Crippen molar-refractivity contribution in [3.8, 4) is 0 Å². The van der Waals surface area contributed by atoms with Crippen LogP contribution in [0.4, 0.5) is 5.13 Å². The van der Waals surface area contributed by atoms with Gasteiger partial charge in [-0.15, -0.1) is 11.3 Å². The van der Waals surface area contributed by atoms with Gasteiger partial charge in [-0.3, -0.25) is 4.79 Å². The van der Waals surface area contributed by atoms with E-state index in [1.165, 1.54) is 11.3 Å². The molecule has 1 atom stereocenters. The zero-order valence-electron chi connectivity index (χ0n) is 7.36. The van der Waals surface area contributed by atoms with Gasteiger partial charge < -0.3 is 10.4 Å². The van der Waals surface area contributed by atoms with Crippen molar-refractivity contribution in [2.45, 2.75) is 25.9 Å². The minimum absolute atomic E-state index is 0.101. The first-order chi connectivity index (χ1) is 6.18. The zero-order chi connectivity index (χ0) is 9.68. The summed E-state index contributed by atoms with van der Waals surface area (Å²) in [5.41, 5.74) is 0. The van der Waals surface area contributed by atoms with Crippen molar-refractivity contribution in [3.05, 3.63) is 11.6 Å². The lowest BCUT2D eigenvalue weighted by Crippen LogP contribution is -2.13. The highest BCUT2D eigenvalue weighted by atomic mass is 32.1. The first kappa shape index (κ1) is 10.1. The number of hydrogen-bond acceptors (Lipinski definition) is 4. The maximum Gasteiger partial charge on any atom is 0.226 e. The molecule has 0 radical (unpaired) electrons. The average Bonchev–Trinajstić information content (AvgIpc) is 2.53. The quantitative estimate of drug-likeness (QED) is 0.768. The molecule has 1 aromatic rings. The van der Waals surface area contributed by atoms with Gasteiger partial charge in [0.15, 0.2) is 5.13 Å². The molecule has 0 aliphatic heterocycles. The monoisotopic (exact) mass is 200 g/mol. The summed E-state index contributed by atoms with van der Waals surface area (Å²) < 4.78 is 0. The minimum atomic E-state index is -0.429. The largest absolute Gasteiger partial charge is 0.393 e. The molecule has 5 heteroatoms. The standard InChI is InChI=1S/C8H12N2O2S/c1-6(11)2-3-7(12)10-8-9-4-5-13-8/h4-6,11H,2-3H2,1H3,(H,9,10,12). The van der Waals surface area contributed by atoms with Crippen LogP contribution in [0.25, 0.3) is 0 Å². The molecule has 1 heterocycles. The van der Waals surface area contributed by atoms with Crippen LogP contribution in [0, 0.1) is 0 Å². The number of carbonyl (C=O) groups is 1. The van der Waals surface area contributed by atoms with Crippen molar-refractivity contribution in [3.63, 3.8) is 0 Å². The van der Waals surface area contributed by atoms with Gasteiger partial charge in [-0.25, -0.2) is 4.98 Å². The van der Waals surface area contributed by atoms with Gasteiger partial charge in [0.1, 0.15) is 0 Å². The number of aliphatic hydroxyl groups excluding tert-OH is 1. The zero-order valence-corrected chi connectivity index (χ0v) is 8.17. The Kier molecular flexibility index (Phi) is 3.85. The number of anilines is 1. The van der Waals surface area contributed by atoms with E-state index in [1.807, 2.05) is 0 Å². The lowest BCUT2D eigenvalue weighted by Gasteiger charge is -2.03. The van der Waals surface area contributed by atoms with Crippen molar-refractivity contribution in [1.29, 1.82) is 0 Å². The Hall–Kier alpha value is -0.940. The molecular weight excluding hydrogens is 188 g/mol. The van der Waals surface area contributed by atoms with Crippen molar-refractivity contribution in [2.75, 3.05) is 5.32 Å². The fourth-order valence-electron chi connectivity index (χ4n) is 0.807. The summed E-state index contributed by atoms with van der Waals surface area (Å²) in [6.45, 7) is 1.66. The molecule has 2 N–H and O–H groups in total. The number of aromatic nitrogens is 1. The van der Waals surface area contributed by atoms with E-state index in [4.69, 9.17) is 5.11 Å². The number of amides is 1. The van der Waals surface area contributed by atoms with E-state index < -0.39 is 6.10 Å². The third-order valence-electron chi connectivity index (χ3n) is 1.47. The van der Waals surface area contributed by atoms with Crippen LogP contribution in [0.2, 0.25) is 0 Å². The van der Waals surface area contributed by atoms with Crippen LogP contribution in [0.5, 0.6) is 0 Å². The maximum absolute atomic E-state index is 11.2. The number of carbonyl (C=O) groups excluding carboxylic acids is 1. The van der Waals surface area contributed by atoms with Crippen LogP contribution in [0.3, 0.4) is 0 Å². The molecule has 0 saturated heterocycles. The van der Waals surface area contributed by atoms with Crippen LogP contribution in [0.1, 0.15) is 19.8 Å². The van der Waals surface area contributed by atoms with Crippen molar-refractivity contribution >= 4 is 22.4 Å². The number of rotatable bonds is 4. The summed E-state index contributed by atoms with van der Waals surface area (Å²) >= 11 is 1.38. The molecule has 0 aliphatic rings. The Bertz CT molecular complexity index is 259. The van der Waals surface area contributed by atoms with E-state index in [2.05, 4.69) is 10.3 Å². The fourth-order valence-corrected chi connectivity index (χ4v) is 1.35. The smallest absolute Gasteiger partial charge is 0.226 e. The summed E-state index contributed by atoms with van der Waals surface area (Å²) in [6.07, 6.45) is 2.02. The van der Waals surface area contributed by atoms with E-state index in [1.54, 1.807) is 18.5 Å². The number of thiazole rings is 1. The second kappa shape index (κ2) is 4.94. The molecule has 0 spiro atoms. The molecule has 13 heavy (non-hydrogen) atoms. The molecular formula is C8H12N2O2S. The summed E-state index contributed by atoms with van der Waals surface area (Å²) in [4.78, 5) is 15.1. The Labute approximate surface area is 80.6 Å². The SMILES string of the molecule is CC(O)CCC(=O)Nc1nccs1. The van der Waals surface area contributed by atoms with Gasteiger partial charge in [-0.2, -0.15) is 0 Å². The second-order valence-electron chi connectivity index (χ2n) is 2.77. The molecule has 1 unspecified atom stereocenters. The molecule has 0 fully saturated rings. The van der Waals surface area contributed by atoms with Crippen LogP contribution in [-0.2, 0) is 4.79 Å². The molecule has 0 bridgehead atoms. The first-order valence-electron chi connectivity index (χ1n) is 4.06. The van der Waals surface area contributed by atoms with Gasteiger partial charge in [0.25, 0.3) is 0 Å². The van der Waals surface area contributed by atoms with Gasteiger partial charge in [-0.05, 0) is 13.3 Å². The molecule has 4 nitrogen and oxygen atoms in total. The predicted molar refractivity (Wildman–Crippen MR) is 51.7 cm³/mol. The second-order valence-corrected chi connectivity index (χ2v) is 3.67. The Morgan fingerprint density at radius 2 is 2.62 bits per heavy atom. The van der Waals surface area contributed by atoms with Crippen molar-refractivity contribution in [2.24, 2.45) is 0 Å². The number of nitrogens with one attached hydrogen (secondary N) is 1. The maximum atomic E-state index is 11.2. The summed E-state index contributed by atoms with van der Waals surface area (Å²) in [7, 11) is 0. The number of nitrogens with zero attached hydrogens (tertiary/aromatic N) is 1. The van der Waals surface area contributed by atoms with E-state index >= 15 is 0 Å². The molecule has 0 aliphatic carbocycles. The van der Waals surface area contributed by atoms with Crippen LogP contribution in [0.15, 0.2) is 11.6 Å². The molecule has 1 amide bonds. The van der Waals surface area contributed by atoms with Gasteiger partial charge in [-0.1, -0.05) is 0 Å². The lowest BCUT2D eigenvalue weighted by atomic mass is 10.2. The molecule has 0 saturated carbocycles. The topological polar surface area (TPSA) is 62.2 Å². The van der Waals surface area contributed by atoms with Crippen LogP contribution in [-0.4, -0.2) is 22.1 Å². The number of aliphatic hydroxyl groups is 1. The summed E-state index contributed by atoms with van der Waals surface area (Å²) in [5.74, 6) is -0.101. The highest BCUT2D eigenvalue weighted by Gasteiger charge is 2.05. The number of hydrogen-bond donors (Lipinski definition) is 2. The van der Waals surface area contributed by atoms with Crippen LogP contribution >= 0.6 is 11.3 Å².